The molecule has 6 heteroatoms. The van der Waals surface area contributed by atoms with Crippen molar-refractivity contribution >= 4 is 0 Å². The Hall–Kier alpha value is -2.18. The third-order valence-corrected chi connectivity index (χ3v) is 11.5. The molecule has 0 saturated heterocycles. The number of hydrogen-bond donors (Lipinski definition) is 0. The standard InChI is InChI=1S/2C14H17FN2/c2*1-13(12(7-16)8-17)10-2-9-3-11(13)6-14(15,4-9)5-10/h2*9-12H,2-6H2,1H3/t2*9?,10-,11+,13?,14?. The first-order chi connectivity index (χ1) is 16.0. The fourth-order valence-electron chi connectivity index (χ4n) is 9.89. The molecule has 0 amide bonds. The molecule has 8 bridgehead atoms. The van der Waals surface area contributed by atoms with Gasteiger partial charge in [0, 0.05) is 10.8 Å². The first-order valence-corrected chi connectivity index (χ1v) is 13.0. The van der Waals surface area contributed by atoms with Gasteiger partial charge in [0.2, 0.25) is 0 Å². The van der Waals surface area contributed by atoms with Crippen LogP contribution in [0.5, 0.6) is 0 Å². The van der Waals surface area contributed by atoms with Gasteiger partial charge in [-0.05, 0) is 99.7 Å². The minimum atomic E-state index is -0.981. The van der Waals surface area contributed by atoms with Crippen LogP contribution in [0, 0.1) is 103 Å². The smallest absolute Gasteiger partial charge is 0.139 e. The first kappa shape index (κ1) is 23.6. The molecule has 34 heavy (non-hydrogen) atoms. The van der Waals surface area contributed by atoms with E-state index in [-0.39, 0.29) is 34.5 Å². The van der Waals surface area contributed by atoms with Crippen LogP contribution in [0.1, 0.15) is 78.1 Å². The van der Waals surface area contributed by atoms with Gasteiger partial charge in [-0.2, -0.15) is 21.0 Å². The average Bonchev–Trinajstić information content (AvgIpc) is 2.76. The molecule has 0 N–H and O–H groups in total. The second kappa shape index (κ2) is 7.66. The molecule has 0 aromatic heterocycles. The number of halogens is 2. The van der Waals surface area contributed by atoms with Crippen molar-refractivity contribution in [1.29, 1.82) is 21.0 Å². The van der Waals surface area contributed by atoms with Crippen molar-refractivity contribution < 1.29 is 8.78 Å². The number of nitriles is 4. The summed E-state index contributed by atoms with van der Waals surface area (Å²) in [5.41, 5.74) is -2.50. The maximum atomic E-state index is 14.5. The highest BCUT2D eigenvalue weighted by Gasteiger charge is 2.64. The summed E-state index contributed by atoms with van der Waals surface area (Å²) < 4.78 is 29.1. The predicted molar refractivity (Wildman–Crippen MR) is 120 cm³/mol. The van der Waals surface area contributed by atoms with E-state index in [1.807, 2.05) is 0 Å². The van der Waals surface area contributed by atoms with Crippen molar-refractivity contribution in [2.75, 3.05) is 0 Å². The fraction of sp³-hybridized carbons (Fsp3) is 0.857. The second-order valence-corrected chi connectivity index (χ2v) is 13.1. The van der Waals surface area contributed by atoms with Crippen LogP contribution in [0.15, 0.2) is 0 Å². The predicted octanol–water partition coefficient (Wildman–Crippen LogP) is 6.41. The summed E-state index contributed by atoms with van der Waals surface area (Å²) in [7, 11) is 0. The molecule has 0 radical (unpaired) electrons. The Labute approximate surface area is 201 Å². The van der Waals surface area contributed by atoms with Crippen molar-refractivity contribution in [1.82, 2.24) is 0 Å². The molecular weight excluding hydrogens is 430 g/mol. The zero-order valence-electron chi connectivity index (χ0n) is 20.2. The van der Waals surface area contributed by atoms with E-state index in [4.69, 9.17) is 0 Å². The highest BCUT2D eigenvalue weighted by atomic mass is 19.1. The summed E-state index contributed by atoms with van der Waals surface area (Å²) in [5.74, 6) is 0.826. The number of rotatable bonds is 2. The van der Waals surface area contributed by atoms with Crippen LogP contribution >= 0.6 is 0 Å². The van der Waals surface area contributed by atoms with E-state index < -0.39 is 23.2 Å². The Morgan fingerprint density at radius 1 is 0.559 bits per heavy atom. The SMILES string of the molecule is CC1(C(C#N)C#N)[C@@H]2CC3C[C@H]1CC(F)(C3)C2.CC1(C(C#N)C#N)[C@@H]2CC3C[C@H]1CC(F)(C3)C2. The molecule has 8 aliphatic rings. The van der Waals surface area contributed by atoms with Crippen molar-refractivity contribution in [2.24, 2.45) is 58.2 Å². The Balaban J connectivity index is 0.000000142. The van der Waals surface area contributed by atoms with Gasteiger partial charge in [-0.1, -0.05) is 13.8 Å². The highest BCUT2D eigenvalue weighted by Crippen LogP contribution is 2.67. The largest absolute Gasteiger partial charge is 0.244 e. The first-order valence-electron chi connectivity index (χ1n) is 13.0. The third kappa shape index (κ3) is 3.21. The van der Waals surface area contributed by atoms with Crippen LogP contribution < -0.4 is 0 Å². The quantitative estimate of drug-likeness (QED) is 0.472. The van der Waals surface area contributed by atoms with Crippen LogP contribution in [-0.2, 0) is 0 Å². The summed E-state index contributed by atoms with van der Waals surface area (Å²) >= 11 is 0. The number of alkyl halides is 2. The van der Waals surface area contributed by atoms with Crippen molar-refractivity contribution in [3.8, 4) is 24.3 Å². The summed E-state index contributed by atoms with van der Waals surface area (Å²) in [6, 6.07) is 8.60. The van der Waals surface area contributed by atoms with E-state index in [1.165, 1.54) is 0 Å². The lowest BCUT2D eigenvalue weighted by atomic mass is 9.42. The Kier molecular flexibility index (Phi) is 5.31. The van der Waals surface area contributed by atoms with E-state index in [0.717, 1.165) is 38.5 Å². The third-order valence-electron chi connectivity index (χ3n) is 11.5. The molecular formula is C28H34F2N4. The lowest BCUT2D eigenvalue weighted by Gasteiger charge is -2.62. The van der Waals surface area contributed by atoms with E-state index in [1.54, 1.807) is 0 Å². The van der Waals surface area contributed by atoms with E-state index in [9.17, 15) is 29.8 Å². The van der Waals surface area contributed by atoms with Crippen LogP contribution in [0.4, 0.5) is 8.78 Å². The van der Waals surface area contributed by atoms with Crippen LogP contribution in [0.25, 0.3) is 0 Å². The van der Waals surface area contributed by atoms with Gasteiger partial charge in [-0.25, -0.2) is 8.78 Å². The summed E-state index contributed by atoms with van der Waals surface area (Å²) in [6.07, 6.45) is 7.87. The molecule has 4 nitrogen and oxygen atoms in total. The molecule has 8 fully saturated rings. The molecule has 0 aromatic carbocycles. The average molecular weight is 465 g/mol. The lowest BCUT2D eigenvalue weighted by molar-refractivity contribution is -0.160. The lowest BCUT2D eigenvalue weighted by Crippen LogP contribution is -2.59. The minimum absolute atomic E-state index is 0.239. The fourth-order valence-corrected chi connectivity index (χ4v) is 9.89. The van der Waals surface area contributed by atoms with Crippen LogP contribution in [0.3, 0.4) is 0 Å². The number of nitrogens with zero attached hydrogens (tertiary/aromatic N) is 4. The van der Waals surface area contributed by atoms with Gasteiger partial charge in [0.15, 0.2) is 0 Å². The van der Waals surface area contributed by atoms with E-state index in [2.05, 4.69) is 38.1 Å². The van der Waals surface area contributed by atoms with Gasteiger partial charge >= 0.3 is 0 Å². The normalized spacial score (nSPS) is 51.2. The Bertz CT molecular complexity index is 883. The molecule has 0 spiro atoms. The number of hydrogen-bond acceptors (Lipinski definition) is 4. The highest BCUT2D eigenvalue weighted by molar-refractivity contribution is 5.20. The topological polar surface area (TPSA) is 95.2 Å². The minimum Gasteiger partial charge on any atom is -0.244 e. The molecule has 0 heterocycles. The van der Waals surface area contributed by atoms with Crippen molar-refractivity contribution in [3.63, 3.8) is 0 Å². The molecule has 10 atom stereocenters. The molecule has 0 aliphatic heterocycles. The van der Waals surface area contributed by atoms with Crippen LogP contribution in [0.2, 0.25) is 0 Å². The molecule has 0 aromatic rings. The maximum absolute atomic E-state index is 14.5. The van der Waals surface area contributed by atoms with Crippen molar-refractivity contribution in [2.45, 2.75) is 89.4 Å². The maximum Gasteiger partial charge on any atom is 0.139 e. The zero-order valence-corrected chi connectivity index (χ0v) is 20.2. The van der Waals surface area contributed by atoms with Gasteiger partial charge < -0.3 is 0 Å². The second-order valence-electron chi connectivity index (χ2n) is 13.1. The van der Waals surface area contributed by atoms with Gasteiger partial charge in [-0.3, -0.25) is 0 Å². The monoisotopic (exact) mass is 464 g/mol. The summed E-state index contributed by atoms with van der Waals surface area (Å²) in [6.45, 7) is 4.11. The Morgan fingerprint density at radius 3 is 1.03 bits per heavy atom. The van der Waals surface area contributed by atoms with Gasteiger partial charge in [0.25, 0.3) is 0 Å². The molecule has 8 saturated carbocycles. The molecule has 8 aliphatic carbocycles. The summed E-state index contributed by atoms with van der Waals surface area (Å²) in [4.78, 5) is 0. The van der Waals surface area contributed by atoms with Crippen LogP contribution in [-0.4, -0.2) is 11.3 Å². The molecule has 8 rings (SSSR count). The molecule has 180 valence electrons. The van der Waals surface area contributed by atoms with E-state index >= 15 is 0 Å². The van der Waals surface area contributed by atoms with E-state index in [0.29, 0.717) is 37.5 Å². The van der Waals surface area contributed by atoms with Gasteiger partial charge in [0.1, 0.15) is 23.2 Å². The van der Waals surface area contributed by atoms with Crippen molar-refractivity contribution in [3.05, 3.63) is 0 Å². The summed E-state index contributed by atoms with van der Waals surface area (Å²) in [5, 5.41) is 36.7. The Morgan fingerprint density at radius 2 is 0.824 bits per heavy atom. The zero-order chi connectivity index (χ0) is 24.5. The van der Waals surface area contributed by atoms with Gasteiger partial charge in [0.05, 0.1) is 24.3 Å². The van der Waals surface area contributed by atoms with Gasteiger partial charge in [-0.15, -0.1) is 0 Å². The molecule has 6 unspecified atom stereocenters.